The molecule has 0 aliphatic rings. The van der Waals surface area contributed by atoms with Crippen molar-refractivity contribution < 1.29 is 13.2 Å². The molecule has 21 heavy (non-hydrogen) atoms. The zero-order chi connectivity index (χ0) is 15.3. The average molecular weight is 300 g/mol. The molecule has 0 aliphatic carbocycles. The van der Waals surface area contributed by atoms with Gasteiger partial charge in [0.2, 0.25) is 0 Å². The Kier molecular flexibility index (Phi) is 5.14. The Morgan fingerprint density at radius 2 is 1.81 bits per heavy atom. The van der Waals surface area contributed by atoms with E-state index in [2.05, 4.69) is 22.0 Å². The summed E-state index contributed by atoms with van der Waals surface area (Å²) in [6.07, 6.45) is 4.72. The molecule has 0 saturated heterocycles. The molecule has 0 bridgehead atoms. The zero-order valence-corrected chi connectivity index (χ0v) is 12.0. The summed E-state index contributed by atoms with van der Waals surface area (Å²) in [5, 5.41) is 3.85. The lowest BCUT2D eigenvalue weighted by Crippen LogP contribution is -2.14. The van der Waals surface area contributed by atoms with Crippen molar-refractivity contribution >= 4 is 5.78 Å². The zero-order valence-electron chi connectivity index (χ0n) is 12.0. The first-order valence-electron chi connectivity index (χ1n) is 7.29. The van der Waals surface area contributed by atoms with Crippen LogP contribution in [0.5, 0.6) is 0 Å². The minimum Gasteiger partial charge on any atom is -0.206 e. The number of hydrogen-bond acceptors (Lipinski definition) is 3. The van der Waals surface area contributed by atoms with Gasteiger partial charge in [-0.2, -0.15) is 23.3 Å². The van der Waals surface area contributed by atoms with Crippen LogP contribution in [0.1, 0.15) is 56.7 Å². The summed E-state index contributed by atoms with van der Waals surface area (Å²) in [6.45, 7) is 2.13. The van der Waals surface area contributed by atoms with E-state index in [1.807, 2.05) is 0 Å². The molecule has 0 radical (unpaired) electrons. The summed E-state index contributed by atoms with van der Waals surface area (Å²) in [6, 6.07) is 0. The van der Waals surface area contributed by atoms with Gasteiger partial charge in [0.05, 0.1) is 0 Å². The second kappa shape index (κ2) is 6.87. The van der Waals surface area contributed by atoms with E-state index in [0.29, 0.717) is 6.42 Å². The highest BCUT2D eigenvalue weighted by atomic mass is 19.4. The van der Waals surface area contributed by atoms with E-state index < -0.39 is 11.9 Å². The van der Waals surface area contributed by atoms with Crippen LogP contribution in [0.2, 0.25) is 0 Å². The summed E-state index contributed by atoms with van der Waals surface area (Å²) in [5.74, 6) is -0.0194. The molecule has 2 aromatic rings. The van der Waals surface area contributed by atoms with E-state index >= 15 is 0 Å². The van der Waals surface area contributed by atoms with Crippen molar-refractivity contribution in [2.75, 3.05) is 0 Å². The predicted molar refractivity (Wildman–Crippen MR) is 72.9 cm³/mol. The van der Waals surface area contributed by atoms with Crippen molar-refractivity contribution in [3.8, 4) is 0 Å². The molecule has 0 amide bonds. The Labute approximate surface area is 121 Å². The van der Waals surface area contributed by atoms with E-state index in [4.69, 9.17) is 0 Å². The van der Waals surface area contributed by atoms with Crippen LogP contribution in [-0.2, 0) is 12.6 Å². The van der Waals surface area contributed by atoms with Crippen LogP contribution in [0, 0.1) is 0 Å². The Morgan fingerprint density at radius 3 is 2.52 bits per heavy atom. The van der Waals surface area contributed by atoms with E-state index in [9.17, 15) is 13.2 Å². The highest BCUT2D eigenvalue weighted by Crippen LogP contribution is 2.31. The number of alkyl halides is 3. The van der Waals surface area contributed by atoms with Crippen molar-refractivity contribution in [1.29, 1.82) is 0 Å². The van der Waals surface area contributed by atoms with Crippen LogP contribution in [-0.4, -0.2) is 19.6 Å². The maximum Gasteiger partial charge on any atom is 0.433 e. The molecule has 2 rings (SSSR count). The molecule has 0 spiro atoms. The predicted octanol–water partition coefficient (Wildman–Crippen LogP) is 4.05. The van der Waals surface area contributed by atoms with E-state index in [0.717, 1.165) is 32.1 Å². The molecule has 7 heteroatoms. The first kappa shape index (κ1) is 15.7. The SMILES string of the molecule is CCCCCCCCc1cn2ncnc2nc1C(F)(F)F. The van der Waals surface area contributed by atoms with Crippen molar-refractivity contribution in [3.63, 3.8) is 0 Å². The van der Waals surface area contributed by atoms with Gasteiger partial charge in [0.15, 0.2) is 5.69 Å². The molecule has 0 aliphatic heterocycles. The van der Waals surface area contributed by atoms with Gasteiger partial charge in [0.25, 0.3) is 5.78 Å². The second-order valence-electron chi connectivity index (χ2n) is 5.13. The van der Waals surface area contributed by atoms with Gasteiger partial charge in [0.1, 0.15) is 6.33 Å². The molecule has 0 atom stereocenters. The van der Waals surface area contributed by atoms with Gasteiger partial charge >= 0.3 is 6.18 Å². The minimum absolute atomic E-state index is 0.0194. The highest BCUT2D eigenvalue weighted by Gasteiger charge is 2.36. The van der Waals surface area contributed by atoms with Gasteiger partial charge in [-0.1, -0.05) is 39.0 Å². The van der Waals surface area contributed by atoms with Gasteiger partial charge in [-0.3, -0.25) is 0 Å². The number of nitrogens with zero attached hydrogens (tertiary/aromatic N) is 4. The second-order valence-corrected chi connectivity index (χ2v) is 5.13. The molecular formula is C14H19F3N4. The van der Waals surface area contributed by atoms with Crippen LogP contribution < -0.4 is 0 Å². The fraction of sp³-hybridized carbons (Fsp3) is 0.643. The topological polar surface area (TPSA) is 43.1 Å². The summed E-state index contributed by atoms with van der Waals surface area (Å²) in [5.41, 5.74) is -0.646. The molecule has 4 nitrogen and oxygen atoms in total. The van der Waals surface area contributed by atoms with Gasteiger partial charge in [-0.25, -0.2) is 9.50 Å². The molecule has 0 aromatic carbocycles. The van der Waals surface area contributed by atoms with Gasteiger partial charge in [-0.05, 0) is 12.8 Å². The molecule has 116 valence electrons. The Balaban J connectivity index is 2.06. The third-order valence-electron chi connectivity index (χ3n) is 3.42. The summed E-state index contributed by atoms with van der Waals surface area (Å²) < 4.78 is 40.4. The fourth-order valence-corrected chi connectivity index (χ4v) is 2.32. The highest BCUT2D eigenvalue weighted by molar-refractivity contribution is 5.32. The molecule has 2 aromatic heterocycles. The number of halogens is 3. The van der Waals surface area contributed by atoms with Crippen molar-refractivity contribution in [3.05, 3.63) is 23.8 Å². The standard InChI is InChI=1S/C14H19F3N4/c1-2-3-4-5-6-7-8-11-9-21-13(18-10-19-21)20-12(11)14(15,16)17/h9-10H,2-8H2,1H3. The molecule has 0 saturated carbocycles. The number of aryl methyl sites for hydroxylation is 1. The van der Waals surface area contributed by atoms with Gasteiger partial charge in [-0.15, -0.1) is 0 Å². The lowest BCUT2D eigenvalue weighted by molar-refractivity contribution is -0.141. The molecule has 0 N–H and O–H groups in total. The summed E-state index contributed by atoms with van der Waals surface area (Å²) in [7, 11) is 0. The van der Waals surface area contributed by atoms with Crippen LogP contribution >= 0.6 is 0 Å². The fourth-order valence-electron chi connectivity index (χ4n) is 2.32. The smallest absolute Gasteiger partial charge is 0.206 e. The first-order valence-corrected chi connectivity index (χ1v) is 7.29. The number of rotatable bonds is 7. The number of aromatic nitrogens is 4. The normalized spacial score (nSPS) is 12.2. The maximum atomic E-state index is 13.0. The summed E-state index contributed by atoms with van der Waals surface area (Å²) >= 11 is 0. The largest absolute Gasteiger partial charge is 0.433 e. The summed E-state index contributed by atoms with van der Waals surface area (Å²) in [4.78, 5) is 7.30. The first-order chi connectivity index (χ1) is 10.0. The van der Waals surface area contributed by atoms with E-state index in [1.54, 1.807) is 0 Å². The van der Waals surface area contributed by atoms with E-state index in [-0.39, 0.29) is 11.3 Å². The van der Waals surface area contributed by atoms with Crippen LogP contribution in [0.4, 0.5) is 13.2 Å². The minimum atomic E-state index is -4.45. The van der Waals surface area contributed by atoms with Crippen molar-refractivity contribution in [2.24, 2.45) is 0 Å². The molecule has 0 unspecified atom stereocenters. The van der Waals surface area contributed by atoms with Crippen molar-refractivity contribution in [1.82, 2.24) is 19.6 Å². The molecular weight excluding hydrogens is 281 g/mol. The average Bonchev–Trinajstić information content (AvgIpc) is 2.88. The Hall–Kier alpha value is -1.66. The Bertz CT molecular complexity index is 577. The van der Waals surface area contributed by atoms with Gasteiger partial charge in [0, 0.05) is 11.8 Å². The Morgan fingerprint density at radius 1 is 1.10 bits per heavy atom. The number of fused-ring (bicyclic) bond motifs is 1. The van der Waals surface area contributed by atoms with E-state index in [1.165, 1.54) is 23.5 Å². The third-order valence-corrected chi connectivity index (χ3v) is 3.42. The number of unbranched alkanes of at least 4 members (excludes halogenated alkanes) is 5. The maximum absolute atomic E-state index is 13.0. The van der Waals surface area contributed by atoms with Gasteiger partial charge < -0.3 is 0 Å². The lowest BCUT2D eigenvalue weighted by atomic mass is 10.0. The third kappa shape index (κ3) is 4.15. The van der Waals surface area contributed by atoms with Crippen LogP contribution in [0.3, 0.4) is 0 Å². The molecule has 2 heterocycles. The van der Waals surface area contributed by atoms with Crippen molar-refractivity contribution in [2.45, 2.75) is 58.0 Å². The number of hydrogen-bond donors (Lipinski definition) is 0. The van der Waals surface area contributed by atoms with Crippen LogP contribution in [0.15, 0.2) is 12.5 Å². The van der Waals surface area contributed by atoms with Crippen LogP contribution in [0.25, 0.3) is 5.78 Å². The molecule has 0 fully saturated rings. The lowest BCUT2D eigenvalue weighted by Gasteiger charge is -2.11. The quantitative estimate of drug-likeness (QED) is 0.725. The monoisotopic (exact) mass is 300 g/mol.